The molecule has 0 fully saturated rings. The summed E-state index contributed by atoms with van der Waals surface area (Å²) in [6.45, 7) is 0. The number of carbonyl (C=O) groups is 1. The van der Waals surface area contributed by atoms with Gasteiger partial charge in [-0.3, -0.25) is 4.79 Å². The second-order valence-electron chi connectivity index (χ2n) is 3.93. The number of methoxy groups -OCH3 is 1. The van der Waals surface area contributed by atoms with Crippen molar-refractivity contribution in [1.29, 1.82) is 0 Å². The Labute approximate surface area is 123 Å². The molecule has 0 atom stereocenters. The molecule has 2 nitrogen and oxygen atoms in total. The van der Waals surface area contributed by atoms with Crippen LogP contribution in [0.25, 0.3) is 9.40 Å². The summed E-state index contributed by atoms with van der Waals surface area (Å²) < 4.78 is 7.49. The minimum Gasteiger partial charge on any atom is -0.496 e. The van der Waals surface area contributed by atoms with Crippen molar-refractivity contribution in [1.82, 2.24) is 0 Å². The van der Waals surface area contributed by atoms with Crippen LogP contribution in [0.2, 0.25) is 5.02 Å². The van der Waals surface area contributed by atoms with E-state index in [1.165, 1.54) is 11.3 Å². The molecule has 0 aliphatic carbocycles. The summed E-state index contributed by atoms with van der Waals surface area (Å²) in [6.07, 6.45) is 0. The molecule has 3 rings (SSSR count). The summed E-state index contributed by atoms with van der Waals surface area (Å²) in [5.74, 6) is 0.499. The predicted molar refractivity (Wildman–Crippen MR) is 81.1 cm³/mol. The average Bonchev–Trinajstić information content (AvgIpc) is 2.98. The van der Waals surface area contributed by atoms with Gasteiger partial charge >= 0.3 is 0 Å². The van der Waals surface area contributed by atoms with Crippen LogP contribution in [-0.2, 0) is 0 Å². The van der Waals surface area contributed by atoms with Gasteiger partial charge in [-0.05, 0) is 35.7 Å². The van der Waals surface area contributed by atoms with E-state index < -0.39 is 0 Å². The smallest absolute Gasteiger partial charge is 0.206 e. The van der Waals surface area contributed by atoms with Gasteiger partial charge in [0.25, 0.3) is 0 Å². The third kappa shape index (κ3) is 2.27. The van der Waals surface area contributed by atoms with Crippen molar-refractivity contribution in [3.8, 4) is 5.75 Å². The molecule has 0 saturated heterocycles. The number of rotatable bonds is 3. The summed E-state index contributed by atoms with van der Waals surface area (Å²) in [6, 6.07) is 9.02. The molecule has 5 heteroatoms. The van der Waals surface area contributed by atoms with E-state index in [1.54, 1.807) is 36.6 Å². The van der Waals surface area contributed by atoms with Crippen LogP contribution in [0.1, 0.15) is 15.2 Å². The minimum atomic E-state index is -0.0484. The van der Waals surface area contributed by atoms with Crippen molar-refractivity contribution in [3.05, 3.63) is 51.2 Å². The molecule has 1 aromatic carbocycles. The van der Waals surface area contributed by atoms with Gasteiger partial charge in [0.15, 0.2) is 0 Å². The monoisotopic (exact) mass is 308 g/mol. The van der Waals surface area contributed by atoms with Gasteiger partial charge in [0.2, 0.25) is 5.78 Å². The number of benzene rings is 1. The second-order valence-corrected chi connectivity index (χ2v) is 6.40. The number of carbonyl (C=O) groups excluding carboxylic acids is 1. The van der Waals surface area contributed by atoms with Crippen molar-refractivity contribution >= 4 is 49.5 Å². The maximum atomic E-state index is 12.5. The first-order chi connectivity index (χ1) is 9.19. The van der Waals surface area contributed by atoms with Crippen molar-refractivity contribution in [2.45, 2.75) is 0 Å². The zero-order valence-electron chi connectivity index (χ0n) is 9.98. The van der Waals surface area contributed by atoms with E-state index in [4.69, 9.17) is 16.3 Å². The van der Waals surface area contributed by atoms with Gasteiger partial charge in [0, 0.05) is 14.4 Å². The summed E-state index contributed by atoms with van der Waals surface area (Å²) >= 11 is 9.09. The van der Waals surface area contributed by atoms with E-state index in [2.05, 4.69) is 0 Å². The first kappa shape index (κ1) is 12.7. The lowest BCUT2D eigenvalue weighted by Crippen LogP contribution is -2.01. The highest BCUT2D eigenvalue weighted by molar-refractivity contribution is 7.28. The lowest BCUT2D eigenvalue weighted by atomic mass is 10.1. The number of ketones is 1. The molecule has 2 aromatic heterocycles. The topological polar surface area (TPSA) is 26.3 Å². The molecule has 0 amide bonds. The molecule has 0 unspecified atom stereocenters. The molecule has 0 bridgehead atoms. The van der Waals surface area contributed by atoms with Gasteiger partial charge in [-0.25, -0.2) is 0 Å². The normalized spacial score (nSPS) is 10.8. The Kier molecular flexibility index (Phi) is 3.31. The maximum Gasteiger partial charge on any atom is 0.206 e. The largest absolute Gasteiger partial charge is 0.496 e. The highest BCUT2D eigenvalue weighted by Crippen LogP contribution is 2.33. The van der Waals surface area contributed by atoms with Crippen molar-refractivity contribution < 1.29 is 9.53 Å². The summed E-state index contributed by atoms with van der Waals surface area (Å²) in [5, 5.41) is 2.55. The molecule has 0 saturated carbocycles. The fourth-order valence-corrected chi connectivity index (χ4v) is 4.10. The molecule has 0 aliphatic heterocycles. The van der Waals surface area contributed by atoms with Gasteiger partial charge in [-0.2, -0.15) is 0 Å². The number of hydrogen-bond donors (Lipinski definition) is 0. The number of ether oxygens (including phenoxy) is 1. The van der Waals surface area contributed by atoms with Crippen molar-refractivity contribution in [2.75, 3.05) is 7.11 Å². The van der Waals surface area contributed by atoms with Crippen molar-refractivity contribution in [3.63, 3.8) is 0 Å². The van der Waals surface area contributed by atoms with Crippen LogP contribution in [0.4, 0.5) is 0 Å². The Hall–Kier alpha value is -1.36. The molecule has 2 heterocycles. The van der Waals surface area contributed by atoms with E-state index in [0.717, 1.165) is 9.40 Å². The molecule has 0 spiro atoms. The number of halogens is 1. The Morgan fingerprint density at radius 1 is 1.21 bits per heavy atom. The van der Waals surface area contributed by atoms with Crippen LogP contribution < -0.4 is 4.74 Å². The number of thiophene rings is 2. The Bertz CT molecular complexity index is 729. The molecule has 0 N–H and O–H groups in total. The van der Waals surface area contributed by atoms with Gasteiger partial charge in [-0.1, -0.05) is 11.6 Å². The number of fused-ring (bicyclic) bond motifs is 1. The fraction of sp³-hybridized carbons (Fsp3) is 0.0714. The minimum absolute atomic E-state index is 0.0484. The lowest BCUT2D eigenvalue weighted by Gasteiger charge is -2.06. The molecular formula is C14H9ClO2S2. The van der Waals surface area contributed by atoms with Gasteiger partial charge in [0.05, 0.1) is 17.6 Å². The van der Waals surface area contributed by atoms with Gasteiger partial charge < -0.3 is 4.74 Å². The van der Waals surface area contributed by atoms with Gasteiger partial charge in [0.1, 0.15) is 5.75 Å². The third-order valence-electron chi connectivity index (χ3n) is 2.77. The zero-order valence-corrected chi connectivity index (χ0v) is 12.4. The summed E-state index contributed by atoms with van der Waals surface area (Å²) in [4.78, 5) is 13.2. The van der Waals surface area contributed by atoms with E-state index >= 15 is 0 Å². The lowest BCUT2D eigenvalue weighted by molar-refractivity contribution is 0.103. The average molecular weight is 309 g/mol. The number of hydrogen-bond acceptors (Lipinski definition) is 4. The van der Waals surface area contributed by atoms with Crippen molar-refractivity contribution in [2.24, 2.45) is 0 Å². The van der Waals surface area contributed by atoms with Crippen LogP contribution in [0.15, 0.2) is 35.7 Å². The Balaban J connectivity index is 2.08. The third-order valence-corrected chi connectivity index (χ3v) is 5.10. The van der Waals surface area contributed by atoms with Crippen LogP contribution in [-0.4, -0.2) is 12.9 Å². The molecule has 96 valence electrons. The first-order valence-corrected chi connectivity index (χ1v) is 7.62. The molecule has 3 aromatic rings. The van der Waals surface area contributed by atoms with E-state index in [-0.39, 0.29) is 5.78 Å². The summed E-state index contributed by atoms with van der Waals surface area (Å²) in [5.41, 5.74) is 0.504. The van der Waals surface area contributed by atoms with E-state index in [0.29, 0.717) is 21.2 Å². The SMILES string of the molecule is COc1ccc(Cl)cc1C(=O)c1cc2sccc2s1. The maximum absolute atomic E-state index is 12.5. The van der Waals surface area contributed by atoms with E-state index in [9.17, 15) is 4.79 Å². The summed E-state index contributed by atoms with van der Waals surface area (Å²) in [7, 11) is 1.55. The quantitative estimate of drug-likeness (QED) is 0.646. The molecular weight excluding hydrogens is 300 g/mol. The standard InChI is InChI=1S/C14H9ClO2S2/c1-17-10-3-2-8(15)6-9(10)14(16)13-7-12-11(19-13)4-5-18-12/h2-7H,1H3. The molecule has 0 radical (unpaired) electrons. The second kappa shape index (κ2) is 4.96. The predicted octanol–water partition coefficient (Wildman–Crippen LogP) is 4.86. The highest BCUT2D eigenvalue weighted by Gasteiger charge is 2.17. The van der Waals surface area contributed by atoms with Crippen LogP contribution in [0.3, 0.4) is 0 Å². The fourth-order valence-electron chi connectivity index (χ4n) is 1.87. The first-order valence-electron chi connectivity index (χ1n) is 5.54. The molecule has 0 aliphatic rings. The van der Waals surface area contributed by atoms with Gasteiger partial charge in [-0.15, -0.1) is 22.7 Å². The zero-order chi connectivity index (χ0) is 13.4. The highest BCUT2D eigenvalue weighted by atomic mass is 35.5. The van der Waals surface area contributed by atoms with Crippen LogP contribution >= 0.6 is 34.3 Å². The van der Waals surface area contributed by atoms with Crippen LogP contribution in [0.5, 0.6) is 5.75 Å². The molecule has 19 heavy (non-hydrogen) atoms. The Morgan fingerprint density at radius 2 is 2.05 bits per heavy atom. The Morgan fingerprint density at radius 3 is 2.79 bits per heavy atom. The van der Waals surface area contributed by atoms with E-state index in [1.807, 2.05) is 17.5 Å². The van der Waals surface area contributed by atoms with Crippen LogP contribution in [0, 0.1) is 0 Å².